The summed E-state index contributed by atoms with van der Waals surface area (Å²) in [7, 11) is 0. The molecule has 5 rings (SSSR count). The molecule has 2 aromatic carbocycles. The van der Waals surface area contributed by atoms with E-state index in [0.29, 0.717) is 48.5 Å². The van der Waals surface area contributed by atoms with Crippen molar-refractivity contribution in [1.82, 2.24) is 4.90 Å². The van der Waals surface area contributed by atoms with Gasteiger partial charge in [-0.15, -0.1) is 0 Å². The molecule has 2 bridgehead atoms. The van der Waals surface area contributed by atoms with Crippen molar-refractivity contribution < 1.29 is 24.2 Å². The Morgan fingerprint density at radius 2 is 1.84 bits per heavy atom. The summed E-state index contributed by atoms with van der Waals surface area (Å²) in [6, 6.07) is 13.6. The topological polar surface area (TPSA) is 108 Å². The molecule has 202 valence electrons. The molecule has 3 saturated heterocycles. The van der Waals surface area contributed by atoms with Gasteiger partial charge in [-0.2, -0.15) is 0 Å². The number of fused-ring (bicyclic) bond motifs is 1. The van der Waals surface area contributed by atoms with Crippen molar-refractivity contribution in [2.75, 3.05) is 23.8 Å². The molecule has 0 aromatic heterocycles. The first kappa shape index (κ1) is 26.7. The van der Waals surface area contributed by atoms with Gasteiger partial charge in [-0.3, -0.25) is 14.4 Å². The lowest BCUT2D eigenvalue weighted by atomic mass is 9.65. The maximum atomic E-state index is 14.1. The largest absolute Gasteiger partial charge is 0.396 e. The minimum Gasteiger partial charge on any atom is -0.396 e. The number of halogens is 1. The third kappa shape index (κ3) is 4.19. The molecule has 2 aromatic rings. The van der Waals surface area contributed by atoms with Crippen LogP contribution in [0.3, 0.4) is 0 Å². The molecule has 3 aliphatic heterocycles. The molecule has 3 heterocycles. The van der Waals surface area contributed by atoms with Crippen molar-refractivity contribution in [3.8, 4) is 0 Å². The number of benzene rings is 2. The highest BCUT2D eigenvalue weighted by atomic mass is 35.5. The van der Waals surface area contributed by atoms with Gasteiger partial charge in [0, 0.05) is 18.8 Å². The van der Waals surface area contributed by atoms with Gasteiger partial charge in [-0.25, -0.2) is 0 Å². The van der Waals surface area contributed by atoms with E-state index in [2.05, 4.69) is 10.6 Å². The summed E-state index contributed by atoms with van der Waals surface area (Å²) >= 11 is 6.41. The molecule has 0 aliphatic carbocycles. The fraction of sp³-hybridized carbons (Fsp3) is 0.483. The maximum Gasteiger partial charge on any atom is 0.250 e. The van der Waals surface area contributed by atoms with E-state index in [-0.39, 0.29) is 30.9 Å². The third-order valence-corrected chi connectivity index (χ3v) is 8.85. The Morgan fingerprint density at radius 1 is 1.08 bits per heavy atom. The lowest BCUT2D eigenvalue weighted by Gasteiger charge is -2.34. The highest BCUT2D eigenvalue weighted by molar-refractivity contribution is 6.34. The quantitative estimate of drug-likeness (QED) is 0.415. The molecule has 3 amide bonds. The monoisotopic (exact) mass is 539 g/mol. The minimum absolute atomic E-state index is 0.0101. The normalized spacial score (nSPS) is 29.4. The van der Waals surface area contributed by atoms with Gasteiger partial charge in [-0.05, 0) is 62.8 Å². The highest BCUT2D eigenvalue weighted by Crippen LogP contribution is 2.64. The Balaban J connectivity index is 1.53. The summed E-state index contributed by atoms with van der Waals surface area (Å²) in [5.74, 6) is -2.40. The fourth-order valence-corrected chi connectivity index (χ4v) is 7.04. The summed E-state index contributed by atoms with van der Waals surface area (Å²) in [6.45, 7) is 4.10. The summed E-state index contributed by atoms with van der Waals surface area (Å²) in [5.41, 5.74) is 0.00414. The van der Waals surface area contributed by atoms with E-state index in [0.717, 1.165) is 5.56 Å². The number of carbonyl (C=O) groups excluding carboxylic acids is 3. The molecule has 0 saturated carbocycles. The molecule has 8 nitrogen and oxygen atoms in total. The number of amides is 3. The average Bonchev–Trinajstić information content (AvgIpc) is 3.51. The number of aryl methyl sites for hydroxylation is 1. The summed E-state index contributed by atoms with van der Waals surface area (Å²) in [6.07, 6.45) is 2.66. The third-order valence-electron chi connectivity index (χ3n) is 8.53. The molecule has 1 spiro atoms. The van der Waals surface area contributed by atoms with E-state index in [4.69, 9.17) is 16.3 Å². The predicted molar refractivity (Wildman–Crippen MR) is 145 cm³/mol. The van der Waals surface area contributed by atoms with Crippen LogP contribution in [0.2, 0.25) is 5.02 Å². The minimum atomic E-state index is -1.12. The van der Waals surface area contributed by atoms with Gasteiger partial charge < -0.3 is 25.4 Å². The number of rotatable bonds is 9. The van der Waals surface area contributed by atoms with Crippen LogP contribution in [0.1, 0.15) is 44.6 Å². The van der Waals surface area contributed by atoms with Crippen LogP contribution < -0.4 is 10.6 Å². The number of ether oxygens (including phenoxy) is 1. The zero-order valence-corrected chi connectivity index (χ0v) is 22.5. The van der Waals surface area contributed by atoms with Gasteiger partial charge in [0.1, 0.15) is 11.6 Å². The molecular formula is C29H34ClN3O5. The second-order valence-electron chi connectivity index (χ2n) is 10.6. The lowest BCUT2D eigenvalue weighted by Crippen LogP contribution is -2.53. The van der Waals surface area contributed by atoms with Crippen LogP contribution in [-0.4, -0.2) is 58.1 Å². The average molecular weight is 540 g/mol. The SMILES string of the molecule is CC[C@@]12CCC3(O1)C(C(=O)Nc1c(C)cccc1Cl)N(CCCCO)C(=O)[C@@H]3[C@@H]2C(=O)Nc1ccccc1. The van der Waals surface area contributed by atoms with Crippen molar-refractivity contribution in [1.29, 1.82) is 0 Å². The molecule has 3 N–H and O–H groups in total. The van der Waals surface area contributed by atoms with Crippen LogP contribution in [-0.2, 0) is 19.1 Å². The molecule has 5 atom stereocenters. The summed E-state index contributed by atoms with van der Waals surface area (Å²) in [5, 5.41) is 15.7. The first-order valence-electron chi connectivity index (χ1n) is 13.3. The van der Waals surface area contributed by atoms with Crippen molar-refractivity contribution in [3.63, 3.8) is 0 Å². The lowest BCUT2D eigenvalue weighted by molar-refractivity contribution is -0.144. The zero-order valence-electron chi connectivity index (χ0n) is 21.7. The van der Waals surface area contributed by atoms with Crippen LogP contribution in [0.25, 0.3) is 0 Å². The molecule has 3 fully saturated rings. The number of aliphatic hydroxyl groups is 1. The zero-order chi connectivity index (χ0) is 27.1. The fourth-order valence-electron chi connectivity index (χ4n) is 6.77. The van der Waals surface area contributed by atoms with Gasteiger partial charge in [0.2, 0.25) is 17.7 Å². The smallest absolute Gasteiger partial charge is 0.250 e. The van der Waals surface area contributed by atoms with Gasteiger partial charge in [0.25, 0.3) is 0 Å². The molecule has 0 radical (unpaired) electrons. The summed E-state index contributed by atoms with van der Waals surface area (Å²) in [4.78, 5) is 43.4. The molecule has 3 aliphatic rings. The molecule has 9 heteroatoms. The van der Waals surface area contributed by atoms with Gasteiger partial charge in [0.15, 0.2) is 0 Å². The standard InChI is InChI=1S/C29H34ClN3O5/c1-3-28-14-15-29(38-28)22(21(28)25(35)31-19-11-5-4-6-12-19)27(37)33(16-7-8-17-34)24(29)26(36)32-23-18(2)10-9-13-20(23)30/h4-6,9-13,21-22,24,34H,3,7-8,14-17H2,1-2H3,(H,31,35)(H,32,36)/t21-,22+,24?,28+,29?/m1/s1. The number of para-hydroxylation sites is 2. The second kappa shape index (κ2) is 10.3. The van der Waals surface area contributed by atoms with Gasteiger partial charge >= 0.3 is 0 Å². The molecule has 38 heavy (non-hydrogen) atoms. The first-order chi connectivity index (χ1) is 18.3. The second-order valence-corrected chi connectivity index (χ2v) is 11.0. The van der Waals surface area contributed by atoms with Crippen molar-refractivity contribution >= 4 is 40.7 Å². The van der Waals surface area contributed by atoms with Crippen LogP contribution in [0.4, 0.5) is 11.4 Å². The van der Waals surface area contributed by atoms with Crippen LogP contribution in [0.15, 0.2) is 48.5 Å². The Bertz CT molecular complexity index is 1220. The van der Waals surface area contributed by atoms with Gasteiger partial charge in [0.05, 0.1) is 28.1 Å². The predicted octanol–water partition coefficient (Wildman–Crippen LogP) is 4.15. The van der Waals surface area contributed by atoms with Crippen LogP contribution in [0, 0.1) is 18.8 Å². The number of unbranched alkanes of at least 4 members (excludes halogenated alkanes) is 1. The molecule has 2 unspecified atom stereocenters. The van der Waals surface area contributed by atoms with Crippen LogP contribution >= 0.6 is 11.6 Å². The Morgan fingerprint density at radius 3 is 2.53 bits per heavy atom. The highest BCUT2D eigenvalue weighted by Gasteiger charge is 2.78. The number of hydrogen-bond acceptors (Lipinski definition) is 5. The van der Waals surface area contributed by atoms with Crippen molar-refractivity contribution in [2.24, 2.45) is 11.8 Å². The molecular weight excluding hydrogens is 506 g/mol. The van der Waals surface area contributed by atoms with Crippen molar-refractivity contribution in [2.45, 2.75) is 63.2 Å². The van der Waals surface area contributed by atoms with E-state index in [9.17, 15) is 19.5 Å². The number of anilines is 2. The maximum absolute atomic E-state index is 14.1. The van der Waals surface area contributed by atoms with Gasteiger partial charge in [-0.1, -0.05) is 48.9 Å². The number of aliphatic hydroxyl groups excluding tert-OH is 1. The van der Waals surface area contributed by atoms with E-state index in [1.807, 2.05) is 44.2 Å². The van der Waals surface area contributed by atoms with E-state index < -0.39 is 29.1 Å². The number of carbonyl (C=O) groups is 3. The van der Waals surface area contributed by atoms with Crippen LogP contribution in [0.5, 0.6) is 0 Å². The summed E-state index contributed by atoms with van der Waals surface area (Å²) < 4.78 is 6.76. The van der Waals surface area contributed by atoms with Crippen molar-refractivity contribution in [3.05, 3.63) is 59.1 Å². The Labute approximate surface area is 227 Å². The Kier molecular flexibility index (Phi) is 7.24. The van der Waals surface area contributed by atoms with E-state index in [1.165, 1.54) is 0 Å². The number of likely N-dealkylation sites (tertiary alicyclic amines) is 1. The first-order valence-corrected chi connectivity index (χ1v) is 13.7. The van der Waals surface area contributed by atoms with E-state index in [1.54, 1.807) is 23.1 Å². The Hall–Kier alpha value is -2.94. The number of hydrogen-bond donors (Lipinski definition) is 3. The number of nitrogens with zero attached hydrogens (tertiary/aromatic N) is 1. The van der Waals surface area contributed by atoms with E-state index >= 15 is 0 Å². The number of nitrogens with one attached hydrogen (secondary N) is 2.